The molecule has 0 fully saturated rings. The molecule has 0 aromatic heterocycles. The van der Waals surface area contributed by atoms with Crippen LogP contribution in [0.5, 0.6) is 0 Å². The van der Waals surface area contributed by atoms with Gasteiger partial charge in [-0.2, -0.15) is 8.73 Å². The second-order valence-corrected chi connectivity index (χ2v) is 4.80. The molecule has 1 unspecified atom stereocenters. The molecule has 100 valence electrons. The van der Waals surface area contributed by atoms with Crippen molar-refractivity contribution in [2.24, 2.45) is 8.73 Å². The zero-order chi connectivity index (χ0) is 13.8. The first-order valence-electron chi connectivity index (χ1n) is 5.81. The fraction of sp³-hybridized carbons (Fsp3) is 0.333. The number of hydrogen-bond acceptors (Lipinski definition) is 4. The summed E-state index contributed by atoms with van der Waals surface area (Å²) in [7, 11) is 0. The molecule has 1 aliphatic rings. The lowest BCUT2D eigenvalue weighted by Crippen LogP contribution is -2.32. The zero-order valence-corrected chi connectivity index (χ0v) is 11.1. The van der Waals surface area contributed by atoms with Gasteiger partial charge in [0.25, 0.3) is 5.91 Å². The molecule has 0 bridgehead atoms. The summed E-state index contributed by atoms with van der Waals surface area (Å²) in [5, 5.41) is 11.3. The Kier molecular flexibility index (Phi) is 4.06. The van der Waals surface area contributed by atoms with Gasteiger partial charge in [-0.3, -0.25) is 9.59 Å². The lowest BCUT2D eigenvalue weighted by Gasteiger charge is -2.12. The molecule has 1 heterocycles. The summed E-state index contributed by atoms with van der Waals surface area (Å²) in [6.45, 7) is 1.78. The number of fused-ring (bicyclic) bond motifs is 1. The van der Waals surface area contributed by atoms with E-state index in [0.29, 0.717) is 17.7 Å². The highest BCUT2D eigenvalue weighted by Gasteiger charge is 2.13. The molecule has 0 saturated carbocycles. The van der Waals surface area contributed by atoms with E-state index in [1.54, 1.807) is 25.1 Å². The van der Waals surface area contributed by atoms with E-state index in [2.05, 4.69) is 14.0 Å². The SMILES string of the molecule is CC(CCC(=O)O)NC(=O)c1ccc2c(c1)N=S=N2. The van der Waals surface area contributed by atoms with E-state index >= 15 is 0 Å². The van der Waals surface area contributed by atoms with Gasteiger partial charge >= 0.3 is 5.97 Å². The van der Waals surface area contributed by atoms with Gasteiger partial charge in [-0.05, 0) is 31.5 Å². The number of hydrogen-bond donors (Lipinski definition) is 2. The molecule has 0 aliphatic carbocycles. The molecule has 2 N–H and O–H groups in total. The molecule has 19 heavy (non-hydrogen) atoms. The number of carbonyl (C=O) groups is 2. The van der Waals surface area contributed by atoms with Crippen LogP contribution in [0.25, 0.3) is 0 Å². The summed E-state index contributed by atoms with van der Waals surface area (Å²) in [6.07, 6.45) is 0.443. The second-order valence-electron chi connectivity index (χ2n) is 4.27. The molecule has 1 amide bonds. The number of carbonyl (C=O) groups excluding carboxylic acids is 1. The van der Waals surface area contributed by atoms with Gasteiger partial charge in [-0.1, -0.05) is 0 Å². The lowest BCUT2D eigenvalue weighted by molar-refractivity contribution is -0.137. The highest BCUT2D eigenvalue weighted by Crippen LogP contribution is 2.31. The van der Waals surface area contributed by atoms with Crippen molar-refractivity contribution in [1.82, 2.24) is 5.32 Å². The summed E-state index contributed by atoms with van der Waals surface area (Å²) in [6, 6.07) is 4.92. The molecule has 2 rings (SSSR count). The summed E-state index contributed by atoms with van der Waals surface area (Å²) in [4.78, 5) is 22.4. The second kappa shape index (κ2) is 5.75. The largest absolute Gasteiger partial charge is 0.481 e. The van der Waals surface area contributed by atoms with E-state index in [1.807, 2.05) is 0 Å². The van der Waals surface area contributed by atoms with Gasteiger partial charge in [-0.15, -0.1) is 0 Å². The van der Waals surface area contributed by atoms with E-state index in [1.165, 1.54) is 0 Å². The maximum absolute atomic E-state index is 12.0. The van der Waals surface area contributed by atoms with Crippen LogP contribution in [-0.2, 0) is 16.1 Å². The van der Waals surface area contributed by atoms with Crippen LogP contribution < -0.4 is 5.32 Å². The van der Waals surface area contributed by atoms with E-state index < -0.39 is 5.97 Å². The molecule has 1 aromatic carbocycles. The third kappa shape index (κ3) is 3.47. The van der Waals surface area contributed by atoms with Crippen LogP contribution in [0.2, 0.25) is 0 Å². The van der Waals surface area contributed by atoms with Gasteiger partial charge in [0.05, 0.1) is 11.4 Å². The summed E-state index contributed by atoms with van der Waals surface area (Å²) < 4.78 is 8.14. The Bertz CT molecular complexity index is 594. The van der Waals surface area contributed by atoms with Crippen molar-refractivity contribution in [2.45, 2.75) is 25.8 Å². The first-order valence-corrected chi connectivity index (χ1v) is 6.54. The lowest BCUT2D eigenvalue weighted by atomic mass is 10.1. The van der Waals surface area contributed by atoms with Crippen LogP contribution in [0.15, 0.2) is 26.9 Å². The van der Waals surface area contributed by atoms with Crippen molar-refractivity contribution in [3.63, 3.8) is 0 Å². The standard InChI is InChI=1S/C12H13N3O3S/c1-7(2-5-11(16)17)13-12(18)8-3-4-9-10(6-8)15-19-14-9/h3-4,6-7H,2,5H2,1H3,(H,13,18)(H,16,17). The minimum absolute atomic E-state index is 0.0382. The van der Waals surface area contributed by atoms with Crippen molar-refractivity contribution in [2.75, 3.05) is 0 Å². The molecule has 0 saturated heterocycles. The predicted octanol–water partition coefficient (Wildman–Crippen LogP) is 2.40. The number of nitrogens with zero attached hydrogens (tertiary/aromatic N) is 2. The first-order chi connectivity index (χ1) is 9.06. The Morgan fingerprint density at radius 2 is 2.11 bits per heavy atom. The summed E-state index contributed by atoms with van der Waals surface area (Å²) >= 11 is 1.10. The Labute approximate surface area is 113 Å². The van der Waals surface area contributed by atoms with Crippen molar-refractivity contribution >= 4 is 34.6 Å². The molecular weight excluding hydrogens is 266 g/mol. The first kappa shape index (κ1) is 13.4. The van der Waals surface area contributed by atoms with Gasteiger partial charge in [0.15, 0.2) is 0 Å². The molecule has 6 nitrogen and oxygen atoms in total. The number of nitrogens with one attached hydrogen (secondary N) is 1. The van der Waals surface area contributed by atoms with E-state index in [4.69, 9.17) is 5.11 Å². The summed E-state index contributed by atoms with van der Waals surface area (Å²) in [5.74, 6) is -1.09. The van der Waals surface area contributed by atoms with Crippen molar-refractivity contribution in [1.29, 1.82) is 0 Å². The molecule has 1 atom stereocenters. The third-order valence-electron chi connectivity index (χ3n) is 2.68. The monoisotopic (exact) mass is 279 g/mol. The Balaban J connectivity index is 1.97. The Morgan fingerprint density at radius 1 is 1.37 bits per heavy atom. The smallest absolute Gasteiger partial charge is 0.303 e. The van der Waals surface area contributed by atoms with Gasteiger partial charge in [0.2, 0.25) is 0 Å². The van der Waals surface area contributed by atoms with E-state index in [0.717, 1.165) is 17.0 Å². The minimum Gasteiger partial charge on any atom is -0.481 e. The van der Waals surface area contributed by atoms with Crippen LogP contribution in [0, 0.1) is 0 Å². The average Bonchev–Trinajstić information content (AvgIpc) is 2.83. The van der Waals surface area contributed by atoms with Crippen LogP contribution in [0.4, 0.5) is 11.4 Å². The fourth-order valence-electron chi connectivity index (χ4n) is 1.64. The number of amides is 1. The molecule has 0 spiro atoms. The summed E-state index contributed by atoms with van der Waals surface area (Å²) in [5.41, 5.74) is 1.96. The van der Waals surface area contributed by atoms with Gasteiger partial charge < -0.3 is 10.4 Å². The molecular formula is C12H13N3O3S. The molecule has 7 heteroatoms. The minimum atomic E-state index is -0.865. The quantitative estimate of drug-likeness (QED) is 0.880. The highest BCUT2D eigenvalue weighted by molar-refractivity contribution is 7.58. The van der Waals surface area contributed by atoms with Crippen molar-refractivity contribution in [3.05, 3.63) is 23.8 Å². The fourth-order valence-corrected chi connectivity index (χ4v) is 2.16. The maximum atomic E-state index is 12.0. The number of aliphatic carboxylic acids is 1. The molecule has 0 radical (unpaired) electrons. The van der Waals surface area contributed by atoms with Crippen molar-refractivity contribution in [3.8, 4) is 0 Å². The number of rotatable bonds is 5. The van der Waals surface area contributed by atoms with Crippen LogP contribution in [-0.4, -0.2) is 23.0 Å². The predicted molar refractivity (Wildman–Crippen MR) is 71.8 cm³/mol. The molecule has 1 aromatic rings. The highest BCUT2D eigenvalue weighted by atomic mass is 32.1. The zero-order valence-electron chi connectivity index (χ0n) is 10.3. The van der Waals surface area contributed by atoms with Crippen LogP contribution in [0.3, 0.4) is 0 Å². The Morgan fingerprint density at radius 3 is 2.84 bits per heavy atom. The number of carboxylic acid groups (broad SMARTS) is 1. The van der Waals surface area contributed by atoms with Gasteiger partial charge in [0.1, 0.15) is 11.4 Å². The average molecular weight is 279 g/mol. The third-order valence-corrected chi connectivity index (χ3v) is 3.24. The van der Waals surface area contributed by atoms with Crippen LogP contribution >= 0.6 is 0 Å². The number of carboxylic acids is 1. The van der Waals surface area contributed by atoms with Gasteiger partial charge in [-0.25, -0.2) is 0 Å². The number of benzene rings is 1. The normalized spacial score (nSPS) is 13.5. The van der Waals surface area contributed by atoms with Gasteiger partial charge in [0, 0.05) is 18.0 Å². The Hall–Kier alpha value is -2.02. The van der Waals surface area contributed by atoms with E-state index in [-0.39, 0.29) is 18.4 Å². The van der Waals surface area contributed by atoms with Crippen molar-refractivity contribution < 1.29 is 14.7 Å². The topological polar surface area (TPSA) is 91.1 Å². The van der Waals surface area contributed by atoms with E-state index in [9.17, 15) is 9.59 Å². The molecule has 1 aliphatic heterocycles. The van der Waals surface area contributed by atoms with Crippen LogP contribution in [0.1, 0.15) is 30.1 Å². The maximum Gasteiger partial charge on any atom is 0.303 e.